The molecule has 0 bridgehead atoms. The van der Waals surface area contributed by atoms with Crippen LogP contribution in [-0.4, -0.2) is 42.0 Å². The molecule has 0 spiro atoms. The maximum atomic E-state index is 12.3. The van der Waals surface area contributed by atoms with Gasteiger partial charge >= 0.3 is 0 Å². The van der Waals surface area contributed by atoms with E-state index < -0.39 is 24.3 Å². The summed E-state index contributed by atoms with van der Waals surface area (Å²) in [5.74, 6) is -0.312. The summed E-state index contributed by atoms with van der Waals surface area (Å²) in [5.41, 5.74) is -1.15. The van der Waals surface area contributed by atoms with Crippen molar-refractivity contribution in [3.05, 3.63) is 0 Å². The van der Waals surface area contributed by atoms with Crippen molar-refractivity contribution in [2.45, 2.75) is 26.2 Å². The number of carbonyl (C=O) groups excluding carboxylic acids is 1. The van der Waals surface area contributed by atoms with E-state index in [4.69, 9.17) is 10.4 Å². The van der Waals surface area contributed by atoms with Crippen LogP contribution < -0.4 is 0 Å². The van der Waals surface area contributed by atoms with Gasteiger partial charge in [-0.25, -0.2) is 8.78 Å². The van der Waals surface area contributed by atoms with E-state index in [1.807, 2.05) is 13.0 Å². The van der Waals surface area contributed by atoms with E-state index in [0.29, 0.717) is 12.8 Å². The third kappa shape index (κ3) is 2.91. The Hall–Kier alpha value is -1.22. The van der Waals surface area contributed by atoms with Gasteiger partial charge in [0.2, 0.25) is 5.91 Å². The third-order valence-electron chi connectivity index (χ3n) is 3.03. The number of carbonyl (C=O) groups is 1. The summed E-state index contributed by atoms with van der Waals surface area (Å²) in [6.07, 6.45) is -1.83. The van der Waals surface area contributed by atoms with Crippen LogP contribution in [0.1, 0.15) is 19.8 Å². The molecule has 1 amide bonds. The average molecular weight is 246 g/mol. The Morgan fingerprint density at radius 2 is 2.24 bits per heavy atom. The standard InChI is InChI=1S/C11H16F2N2O2/c1-8-4-11(5-8,7-14)10(17)15(2-3-16)6-9(12)13/h8-9,16H,2-6H2,1H3. The number of nitriles is 1. The summed E-state index contributed by atoms with van der Waals surface area (Å²) < 4.78 is 24.6. The van der Waals surface area contributed by atoms with E-state index in [9.17, 15) is 13.6 Å². The number of amides is 1. The second kappa shape index (κ2) is 5.41. The van der Waals surface area contributed by atoms with Crippen LogP contribution in [0.15, 0.2) is 0 Å². The molecular weight excluding hydrogens is 230 g/mol. The maximum absolute atomic E-state index is 12.3. The van der Waals surface area contributed by atoms with Crippen molar-refractivity contribution in [2.24, 2.45) is 11.3 Å². The molecule has 0 unspecified atom stereocenters. The number of aliphatic hydroxyl groups excluding tert-OH is 1. The van der Waals surface area contributed by atoms with Crippen LogP contribution in [0.2, 0.25) is 0 Å². The summed E-state index contributed by atoms with van der Waals surface area (Å²) in [7, 11) is 0. The summed E-state index contributed by atoms with van der Waals surface area (Å²) in [6, 6.07) is 1.94. The lowest BCUT2D eigenvalue weighted by Gasteiger charge is -2.42. The monoisotopic (exact) mass is 246 g/mol. The highest BCUT2D eigenvalue weighted by Gasteiger charge is 2.50. The molecule has 0 atom stereocenters. The van der Waals surface area contributed by atoms with Crippen molar-refractivity contribution in [3.63, 3.8) is 0 Å². The predicted octanol–water partition coefficient (Wildman–Crippen LogP) is 1.01. The lowest BCUT2D eigenvalue weighted by atomic mass is 9.62. The van der Waals surface area contributed by atoms with Gasteiger partial charge in [-0.3, -0.25) is 4.79 Å². The first-order chi connectivity index (χ1) is 7.95. The highest BCUT2D eigenvalue weighted by atomic mass is 19.3. The molecule has 96 valence electrons. The predicted molar refractivity (Wildman–Crippen MR) is 56.1 cm³/mol. The van der Waals surface area contributed by atoms with Crippen LogP contribution in [0.4, 0.5) is 8.78 Å². The summed E-state index contributed by atoms with van der Waals surface area (Å²) in [4.78, 5) is 12.9. The Kier molecular flexibility index (Phi) is 4.40. The van der Waals surface area contributed by atoms with Gasteiger partial charge in [-0.2, -0.15) is 5.26 Å². The van der Waals surface area contributed by atoms with Gasteiger partial charge in [-0.05, 0) is 18.8 Å². The zero-order valence-electron chi connectivity index (χ0n) is 9.70. The molecule has 1 aliphatic rings. The molecule has 0 heterocycles. The number of rotatable bonds is 5. The van der Waals surface area contributed by atoms with Gasteiger partial charge in [0, 0.05) is 6.54 Å². The van der Waals surface area contributed by atoms with E-state index in [0.717, 1.165) is 4.90 Å². The molecule has 0 aromatic rings. The smallest absolute Gasteiger partial charge is 0.255 e. The molecule has 1 saturated carbocycles. The molecule has 0 aromatic carbocycles. The van der Waals surface area contributed by atoms with E-state index in [2.05, 4.69) is 0 Å². The van der Waals surface area contributed by atoms with Crippen LogP contribution in [0.25, 0.3) is 0 Å². The van der Waals surface area contributed by atoms with Crippen LogP contribution in [0.3, 0.4) is 0 Å². The van der Waals surface area contributed by atoms with Crippen molar-refractivity contribution in [2.75, 3.05) is 19.7 Å². The number of halogens is 2. The summed E-state index contributed by atoms with van der Waals surface area (Å²) >= 11 is 0. The van der Waals surface area contributed by atoms with Crippen molar-refractivity contribution in [1.82, 2.24) is 4.90 Å². The molecule has 1 aliphatic carbocycles. The van der Waals surface area contributed by atoms with Crippen LogP contribution in [-0.2, 0) is 4.79 Å². The van der Waals surface area contributed by atoms with E-state index in [1.54, 1.807) is 0 Å². The van der Waals surface area contributed by atoms with Crippen LogP contribution >= 0.6 is 0 Å². The second-order valence-corrected chi connectivity index (χ2v) is 4.57. The van der Waals surface area contributed by atoms with E-state index in [-0.39, 0.29) is 19.1 Å². The minimum atomic E-state index is -2.65. The Bertz CT molecular complexity index is 322. The van der Waals surface area contributed by atoms with Gasteiger partial charge in [-0.15, -0.1) is 0 Å². The molecule has 0 aromatic heterocycles. The first-order valence-electron chi connectivity index (χ1n) is 5.55. The van der Waals surface area contributed by atoms with Gasteiger partial charge in [0.1, 0.15) is 5.41 Å². The minimum absolute atomic E-state index is 0.152. The largest absolute Gasteiger partial charge is 0.395 e. The molecule has 0 radical (unpaired) electrons. The van der Waals surface area contributed by atoms with Gasteiger partial charge in [0.15, 0.2) is 0 Å². The number of alkyl halides is 2. The first-order valence-corrected chi connectivity index (χ1v) is 5.55. The zero-order chi connectivity index (χ0) is 13.1. The van der Waals surface area contributed by atoms with E-state index in [1.165, 1.54) is 0 Å². The highest BCUT2D eigenvalue weighted by molar-refractivity contribution is 5.86. The van der Waals surface area contributed by atoms with Gasteiger partial charge in [-0.1, -0.05) is 6.92 Å². The lowest BCUT2D eigenvalue weighted by Crippen LogP contribution is -2.51. The Labute approximate surface area is 98.8 Å². The molecular formula is C11H16F2N2O2. The fraction of sp³-hybridized carbons (Fsp3) is 0.818. The molecule has 1 rings (SSSR count). The second-order valence-electron chi connectivity index (χ2n) is 4.57. The molecule has 1 N–H and O–H groups in total. The Balaban J connectivity index is 2.73. The summed E-state index contributed by atoms with van der Waals surface area (Å²) in [5, 5.41) is 17.8. The third-order valence-corrected chi connectivity index (χ3v) is 3.03. The quantitative estimate of drug-likeness (QED) is 0.787. The molecule has 1 fully saturated rings. The molecule has 6 heteroatoms. The lowest BCUT2D eigenvalue weighted by molar-refractivity contribution is -0.147. The van der Waals surface area contributed by atoms with Gasteiger partial charge < -0.3 is 10.0 Å². The van der Waals surface area contributed by atoms with Crippen molar-refractivity contribution >= 4 is 5.91 Å². The average Bonchev–Trinajstić information content (AvgIpc) is 2.22. The van der Waals surface area contributed by atoms with E-state index >= 15 is 0 Å². The minimum Gasteiger partial charge on any atom is -0.395 e. The normalized spacial score (nSPS) is 27.4. The van der Waals surface area contributed by atoms with Crippen molar-refractivity contribution < 1.29 is 18.7 Å². The number of aliphatic hydroxyl groups is 1. The molecule has 0 saturated heterocycles. The maximum Gasteiger partial charge on any atom is 0.255 e. The van der Waals surface area contributed by atoms with Crippen molar-refractivity contribution in [3.8, 4) is 6.07 Å². The van der Waals surface area contributed by atoms with Crippen molar-refractivity contribution in [1.29, 1.82) is 5.26 Å². The summed E-state index contributed by atoms with van der Waals surface area (Å²) in [6.45, 7) is 0.653. The number of nitrogens with zero attached hydrogens (tertiary/aromatic N) is 2. The number of hydrogen-bond donors (Lipinski definition) is 1. The highest BCUT2D eigenvalue weighted by Crippen LogP contribution is 2.46. The van der Waals surface area contributed by atoms with Gasteiger partial charge in [0.25, 0.3) is 6.43 Å². The van der Waals surface area contributed by atoms with Crippen LogP contribution in [0.5, 0.6) is 0 Å². The number of hydrogen-bond acceptors (Lipinski definition) is 3. The molecule has 0 aliphatic heterocycles. The van der Waals surface area contributed by atoms with Crippen LogP contribution in [0, 0.1) is 22.7 Å². The Morgan fingerprint density at radius 1 is 1.65 bits per heavy atom. The molecule has 4 nitrogen and oxygen atoms in total. The Morgan fingerprint density at radius 3 is 2.59 bits per heavy atom. The SMILES string of the molecule is CC1CC(C#N)(C(=O)N(CCO)CC(F)F)C1. The fourth-order valence-corrected chi connectivity index (χ4v) is 2.31. The topological polar surface area (TPSA) is 64.3 Å². The van der Waals surface area contributed by atoms with Gasteiger partial charge in [0.05, 0.1) is 19.2 Å². The zero-order valence-corrected chi connectivity index (χ0v) is 9.70. The first kappa shape index (κ1) is 13.8. The molecule has 17 heavy (non-hydrogen) atoms. The fourth-order valence-electron chi connectivity index (χ4n) is 2.31.